The number of aliphatic hydroxyl groups is 1. The third-order valence-electron chi connectivity index (χ3n) is 1.75. The van der Waals surface area contributed by atoms with E-state index in [1.165, 1.54) is 0 Å². The molecule has 66 valence electrons. The van der Waals surface area contributed by atoms with E-state index in [0.717, 1.165) is 9.13 Å². The largest absolute Gasteiger partial charge is 0.391 e. The van der Waals surface area contributed by atoms with Crippen LogP contribution in [0.2, 0.25) is 0 Å². The fraction of sp³-hybridized carbons (Fsp3) is 0.333. The second kappa shape index (κ2) is 4.20. The van der Waals surface area contributed by atoms with Crippen molar-refractivity contribution in [2.24, 2.45) is 5.73 Å². The molecule has 0 fully saturated rings. The molecule has 0 aliphatic heterocycles. The third-order valence-corrected chi connectivity index (χ3v) is 2.42. The number of rotatable bonds is 2. The summed E-state index contributed by atoms with van der Waals surface area (Å²) in [5.74, 6) is 0. The molecule has 0 aromatic heterocycles. The number of hydrogen-bond donors (Lipinski definition) is 2. The molecule has 0 saturated carbocycles. The van der Waals surface area contributed by atoms with Crippen molar-refractivity contribution >= 4 is 22.6 Å². The van der Waals surface area contributed by atoms with Gasteiger partial charge in [0.15, 0.2) is 0 Å². The molecule has 3 N–H and O–H groups in total. The molecule has 3 heteroatoms. The predicted molar refractivity (Wildman–Crippen MR) is 57.8 cm³/mol. The smallest absolute Gasteiger partial charge is 0.0704 e. The van der Waals surface area contributed by atoms with E-state index in [-0.39, 0.29) is 6.04 Å². The van der Waals surface area contributed by atoms with Gasteiger partial charge in [0.2, 0.25) is 0 Å². The zero-order valence-electron chi connectivity index (χ0n) is 6.87. The fourth-order valence-electron chi connectivity index (χ4n) is 0.992. The first kappa shape index (κ1) is 9.95. The minimum absolute atomic E-state index is 0.278. The van der Waals surface area contributed by atoms with E-state index >= 15 is 0 Å². The summed E-state index contributed by atoms with van der Waals surface area (Å²) in [7, 11) is 0. The molecule has 0 bridgehead atoms. The van der Waals surface area contributed by atoms with Gasteiger partial charge in [0.25, 0.3) is 0 Å². The maximum Gasteiger partial charge on any atom is 0.0704 e. The van der Waals surface area contributed by atoms with Crippen molar-refractivity contribution in [1.82, 2.24) is 0 Å². The molecule has 1 aromatic carbocycles. The maximum atomic E-state index is 9.24. The summed E-state index contributed by atoms with van der Waals surface area (Å²) in [5.41, 5.74) is 6.74. The molecular formula is C9H12INO. The zero-order chi connectivity index (χ0) is 9.14. The second-order valence-electron chi connectivity index (χ2n) is 2.82. The third kappa shape index (κ3) is 2.43. The van der Waals surface area contributed by atoms with Crippen LogP contribution in [0.25, 0.3) is 0 Å². The Bertz CT molecular complexity index is 262. The van der Waals surface area contributed by atoms with Crippen molar-refractivity contribution in [3.05, 3.63) is 33.4 Å². The Morgan fingerprint density at radius 3 is 2.67 bits per heavy atom. The Balaban J connectivity index is 2.88. The molecule has 0 radical (unpaired) electrons. The van der Waals surface area contributed by atoms with Crippen LogP contribution in [0, 0.1) is 3.57 Å². The van der Waals surface area contributed by atoms with E-state index < -0.39 is 6.10 Å². The highest BCUT2D eigenvalue weighted by molar-refractivity contribution is 14.1. The molecule has 0 aliphatic carbocycles. The summed E-state index contributed by atoms with van der Waals surface area (Å²) in [5, 5.41) is 9.24. The van der Waals surface area contributed by atoms with Gasteiger partial charge < -0.3 is 10.8 Å². The molecule has 1 aromatic rings. The first-order chi connectivity index (χ1) is 5.61. The SMILES string of the molecule is C[C@@H](O)[C@@H](N)c1cccc(I)c1. The molecule has 0 heterocycles. The monoisotopic (exact) mass is 277 g/mol. The molecule has 0 aliphatic rings. The first-order valence-electron chi connectivity index (χ1n) is 3.80. The minimum atomic E-state index is -0.497. The van der Waals surface area contributed by atoms with Crippen LogP contribution < -0.4 is 5.73 Å². The lowest BCUT2D eigenvalue weighted by Crippen LogP contribution is -2.23. The van der Waals surface area contributed by atoms with Crippen molar-refractivity contribution in [2.75, 3.05) is 0 Å². The summed E-state index contributed by atoms with van der Waals surface area (Å²) in [6, 6.07) is 7.58. The van der Waals surface area contributed by atoms with Crippen LogP contribution in [0.1, 0.15) is 18.5 Å². The highest BCUT2D eigenvalue weighted by atomic mass is 127. The zero-order valence-corrected chi connectivity index (χ0v) is 9.02. The molecule has 0 amide bonds. The van der Waals surface area contributed by atoms with Crippen LogP contribution in [-0.4, -0.2) is 11.2 Å². The first-order valence-corrected chi connectivity index (χ1v) is 4.88. The van der Waals surface area contributed by atoms with Crippen molar-refractivity contribution in [3.8, 4) is 0 Å². The lowest BCUT2D eigenvalue weighted by molar-refractivity contribution is 0.164. The summed E-state index contributed by atoms with van der Waals surface area (Å²) < 4.78 is 1.14. The lowest BCUT2D eigenvalue weighted by atomic mass is 10.0. The summed E-state index contributed by atoms with van der Waals surface area (Å²) in [4.78, 5) is 0. The average Bonchev–Trinajstić information content (AvgIpc) is 2.03. The van der Waals surface area contributed by atoms with Crippen molar-refractivity contribution in [2.45, 2.75) is 19.1 Å². The van der Waals surface area contributed by atoms with Crippen LogP contribution >= 0.6 is 22.6 Å². The van der Waals surface area contributed by atoms with Crippen LogP contribution in [0.15, 0.2) is 24.3 Å². The molecule has 12 heavy (non-hydrogen) atoms. The second-order valence-corrected chi connectivity index (χ2v) is 4.07. The van der Waals surface area contributed by atoms with Gasteiger partial charge in [-0.25, -0.2) is 0 Å². The van der Waals surface area contributed by atoms with Crippen LogP contribution in [0.5, 0.6) is 0 Å². The van der Waals surface area contributed by atoms with E-state index in [9.17, 15) is 5.11 Å². The Morgan fingerprint density at radius 2 is 2.17 bits per heavy atom. The number of aliphatic hydroxyl groups excluding tert-OH is 1. The highest BCUT2D eigenvalue weighted by Gasteiger charge is 2.11. The van der Waals surface area contributed by atoms with Gasteiger partial charge in [-0.1, -0.05) is 12.1 Å². The van der Waals surface area contributed by atoms with Crippen molar-refractivity contribution in [3.63, 3.8) is 0 Å². The fourth-order valence-corrected chi connectivity index (χ4v) is 1.56. The normalized spacial score (nSPS) is 15.7. The molecule has 0 spiro atoms. The van der Waals surface area contributed by atoms with Gasteiger partial charge in [-0.3, -0.25) is 0 Å². The summed E-state index contributed by atoms with van der Waals surface area (Å²) >= 11 is 2.22. The van der Waals surface area contributed by atoms with Gasteiger partial charge >= 0.3 is 0 Å². The van der Waals surface area contributed by atoms with Crippen LogP contribution in [0.3, 0.4) is 0 Å². The highest BCUT2D eigenvalue weighted by Crippen LogP contribution is 2.16. The van der Waals surface area contributed by atoms with Crippen molar-refractivity contribution < 1.29 is 5.11 Å². The molecule has 2 nitrogen and oxygen atoms in total. The number of halogens is 1. The summed E-state index contributed by atoms with van der Waals surface area (Å²) in [6.07, 6.45) is -0.497. The summed E-state index contributed by atoms with van der Waals surface area (Å²) in [6.45, 7) is 1.70. The van der Waals surface area contributed by atoms with Crippen molar-refractivity contribution in [1.29, 1.82) is 0 Å². The quantitative estimate of drug-likeness (QED) is 0.808. The van der Waals surface area contributed by atoms with E-state index in [1.807, 2.05) is 24.3 Å². The Hall–Kier alpha value is -0.130. The van der Waals surface area contributed by atoms with Crippen LogP contribution in [0.4, 0.5) is 0 Å². The lowest BCUT2D eigenvalue weighted by Gasteiger charge is -2.14. The average molecular weight is 277 g/mol. The number of hydrogen-bond acceptors (Lipinski definition) is 2. The van der Waals surface area contributed by atoms with E-state index in [2.05, 4.69) is 22.6 Å². The Kier molecular flexibility index (Phi) is 3.49. The van der Waals surface area contributed by atoms with Crippen LogP contribution in [-0.2, 0) is 0 Å². The molecular weight excluding hydrogens is 265 g/mol. The van der Waals surface area contributed by atoms with E-state index in [0.29, 0.717) is 0 Å². The number of benzene rings is 1. The number of nitrogens with two attached hydrogens (primary N) is 1. The molecule has 1 rings (SSSR count). The standard InChI is InChI=1S/C9H12INO/c1-6(12)9(11)7-3-2-4-8(10)5-7/h2-6,9,12H,11H2,1H3/t6-,9-/m1/s1. The molecule has 0 saturated heterocycles. The maximum absolute atomic E-state index is 9.24. The Labute approximate surface area is 85.9 Å². The topological polar surface area (TPSA) is 46.2 Å². The van der Waals surface area contributed by atoms with Gasteiger partial charge in [-0.15, -0.1) is 0 Å². The predicted octanol–water partition coefficient (Wildman–Crippen LogP) is 1.67. The van der Waals surface area contributed by atoms with E-state index in [4.69, 9.17) is 5.73 Å². The van der Waals surface area contributed by atoms with Gasteiger partial charge in [-0.2, -0.15) is 0 Å². The van der Waals surface area contributed by atoms with Gasteiger partial charge in [0, 0.05) is 3.57 Å². The van der Waals surface area contributed by atoms with Gasteiger partial charge in [-0.05, 0) is 47.2 Å². The Morgan fingerprint density at radius 1 is 1.50 bits per heavy atom. The van der Waals surface area contributed by atoms with Gasteiger partial charge in [0.1, 0.15) is 0 Å². The molecule has 0 unspecified atom stereocenters. The minimum Gasteiger partial charge on any atom is -0.391 e. The van der Waals surface area contributed by atoms with E-state index in [1.54, 1.807) is 6.92 Å². The van der Waals surface area contributed by atoms with Gasteiger partial charge in [0.05, 0.1) is 12.1 Å². The molecule has 2 atom stereocenters.